The van der Waals surface area contributed by atoms with Crippen LogP contribution in [-0.4, -0.2) is 82.8 Å². The SMILES string of the molecule is Cc1c(B(O)O)ccc2c1C[C@@H](C)N(CC(C)(F)F)[C@@H]2c1ccc(NC2CN(CCCF)C2)cn1. The molecule has 35 heavy (non-hydrogen) atoms. The van der Waals surface area contributed by atoms with Crippen LogP contribution in [0.3, 0.4) is 0 Å². The predicted molar refractivity (Wildman–Crippen MR) is 132 cm³/mol. The van der Waals surface area contributed by atoms with Crippen molar-refractivity contribution in [3.05, 3.63) is 52.8 Å². The average molecular weight is 490 g/mol. The monoisotopic (exact) mass is 490 g/mol. The van der Waals surface area contributed by atoms with Crippen LogP contribution in [0.25, 0.3) is 0 Å². The highest BCUT2D eigenvalue weighted by Gasteiger charge is 2.40. The second-order valence-electron chi connectivity index (χ2n) is 10.0. The maximum Gasteiger partial charge on any atom is 0.488 e. The van der Waals surface area contributed by atoms with E-state index < -0.39 is 25.6 Å². The van der Waals surface area contributed by atoms with E-state index in [1.807, 2.05) is 32.0 Å². The number of aromatic nitrogens is 1. The van der Waals surface area contributed by atoms with Crippen LogP contribution in [0.15, 0.2) is 30.5 Å². The van der Waals surface area contributed by atoms with Gasteiger partial charge in [-0.05, 0) is 61.0 Å². The zero-order valence-electron chi connectivity index (χ0n) is 20.5. The van der Waals surface area contributed by atoms with E-state index in [1.54, 1.807) is 17.2 Å². The molecule has 1 aromatic heterocycles. The molecule has 0 amide bonds. The quantitative estimate of drug-likeness (QED) is 0.470. The highest BCUT2D eigenvalue weighted by molar-refractivity contribution is 6.59. The lowest BCUT2D eigenvalue weighted by Gasteiger charge is -2.43. The molecule has 10 heteroatoms. The van der Waals surface area contributed by atoms with Crippen molar-refractivity contribution >= 4 is 18.3 Å². The maximum absolute atomic E-state index is 14.2. The average Bonchev–Trinajstić information content (AvgIpc) is 2.76. The molecule has 0 saturated carbocycles. The molecule has 4 rings (SSSR count). The van der Waals surface area contributed by atoms with Crippen LogP contribution in [-0.2, 0) is 6.42 Å². The van der Waals surface area contributed by atoms with Gasteiger partial charge in [-0.3, -0.25) is 19.2 Å². The Kier molecular flexibility index (Phi) is 7.76. The number of nitrogens with zero attached hydrogens (tertiary/aromatic N) is 3. The van der Waals surface area contributed by atoms with Crippen LogP contribution in [0, 0.1) is 6.92 Å². The fourth-order valence-corrected chi connectivity index (χ4v) is 5.36. The van der Waals surface area contributed by atoms with E-state index in [-0.39, 0.29) is 18.8 Å². The summed E-state index contributed by atoms with van der Waals surface area (Å²) in [5.74, 6) is -2.87. The summed E-state index contributed by atoms with van der Waals surface area (Å²) in [6.07, 6.45) is 2.82. The minimum Gasteiger partial charge on any atom is -0.423 e. The highest BCUT2D eigenvalue weighted by Crippen LogP contribution is 2.39. The van der Waals surface area contributed by atoms with Crippen molar-refractivity contribution in [3.8, 4) is 0 Å². The zero-order valence-corrected chi connectivity index (χ0v) is 20.5. The van der Waals surface area contributed by atoms with Crippen molar-refractivity contribution in [3.63, 3.8) is 0 Å². The first-order chi connectivity index (χ1) is 16.6. The van der Waals surface area contributed by atoms with E-state index in [1.165, 1.54) is 0 Å². The zero-order chi connectivity index (χ0) is 25.3. The summed E-state index contributed by atoms with van der Waals surface area (Å²) in [6, 6.07) is 6.88. The number of rotatable bonds is 9. The second kappa shape index (κ2) is 10.5. The van der Waals surface area contributed by atoms with Crippen molar-refractivity contribution in [1.29, 1.82) is 0 Å². The van der Waals surface area contributed by atoms with Gasteiger partial charge in [-0.1, -0.05) is 12.1 Å². The molecule has 1 fully saturated rings. The van der Waals surface area contributed by atoms with Crippen molar-refractivity contribution in [2.45, 2.75) is 57.7 Å². The van der Waals surface area contributed by atoms with Crippen LogP contribution in [0.5, 0.6) is 0 Å². The summed E-state index contributed by atoms with van der Waals surface area (Å²) < 4.78 is 40.7. The molecular weight excluding hydrogens is 456 g/mol. The van der Waals surface area contributed by atoms with Crippen molar-refractivity contribution < 1.29 is 23.2 Å². The lowest BCUT2D eigenvalue weighted by atomic mass is 9.72. The molecule has 0 unspecified atom stereocenters. The first kappa shape index (κ1) is 25.9. The van der Waals surface area contributed by atoms with Crippen molar-refractivity contribution in [1.82, 2.24) is 14.8 Å². The van der Waals surface area contributed by atoms with Crippen molar-refractivity contribution in [2.24, 2.45) is 0 Å². The Bertz CT molecular complexity index is 1010. The van der Waals surface area contributed by atoms with Crippen molar-refractivity contribution in [2.75, 3.05) is 38.2 Å². The molecule has 3 heterocycles. The van der Waals surface area contributed by atoms with Crippen LogP contribution in [0.1, 0.15) is 48.7 Å². The number of benzene rings is 1. The largest absolute Gasteiger partial charge is 0.488 e. The number of anilines is 1. The molecule has 0 radical (unpaired) electrons. The van der Waals surface area contributed by atoms with Gasteiger partial charge < -0.3 is 15.4 Å². The van der Waals surface area contributed by atoms with Gasteiger partial charge >= 0.3 is 7.12 Å². The van der Waals surface area contributed by atoms with E-state index in [0.29, 0.717) is 24.0 Å². The standard InChI is InChI=1S/C25H34BF3N4O2/c1-16-11-21-17(2)22(26(34)35)7-6-20(21)24(33(16)15-25(3,28)29)23-8-5-18(12-30-23)31-19-13-32(14-19)10-4-9-27/h5-8,12,16,19,24,31,34-35H,4,9-11,13-15H2,1-3H3/t16-,24+/m1/s1. The van der Waals surface area contributed by atoms with Gasteiger partial charge in [-0.2, -0.15) is 0 Å². The molecule has 0 bridgehead atoms. The number of alkyl halides is 3. The van der Waals surface area contributed by atoms with Gasteiger partial charge in [0.25, 0.3) is 5.92 Å². The van der Waals surface area contributed by atoms with Gasteiger partial charge in [-0.15, -0.1) is 0 Å². The Labute approximate surface area is 205 Å². The van der Waals surface area contributed by atoms with Gasteiger partial charge in [0, 0.05) is 32.6 Å². The minimum absolute atomic E-state index is 0.187. The summed E-state index contributed by atoms with van der Waals surface area (Å²) in [7, 11) is -1.59. The molecule has 1 aromatic carbocycles. The fourth-order valence-electron chi connectivity index (χ4n) is 5.36. The number of fused-ring (bicyclic) bond motifs is 1. The van der Waals surface area contributed by atoms with Gasteiger partial charge in [0.15, 0.2) is 0 Å². The van der Waals surface area contributed by atoms with Crippen LogP contribution in [0.4, 0.5) is 18.9 Å². The van der Waals surface area contributed by atoms with Crippen LogP contribution in [0.2, 0.25) is 0 Å². The first-order valence-electron chi connectivity index (χ1n) is 12.2. The fraction of sp³-hybridized carbons (Fsp3) is 0.560. The van der Waals surface area contributed by atoms with E-state index in [9.17, 15) is 23.2 Å². The maximum atomic E-state index is 14.2. The third-order valence-corrected chi connectivity index (χ3v) is 7.11. The molecule has 0 aliphatic carbocycles. The van der Waals surface area contributed by atoms with Gasteiger partial charge in [0.1, 0.15) is 0 Å². The van der Waals surface area contributed by atoms with Gasteiger partial charge in [0.05, 0.1) is 42.9 Å². The lowest BCUT2D eigenvalue weighted by molar-refractivity contribution is -0.0367. The Morgan fingerprint density at radius 2 is 1.94 bits per heavy atom. The molecular formula is C25H34BF3N4O2. The molecule has 2 aliphatic heterocycles. The highest BCUT2D eigenvalue weighted by atomic mass is 19.3. The Balaban J connectivity index is 1.59. The Morgan fingerprint density at radius 3 is 2.54 bits per heavy atom. The molecule has 2 aromatic rings. The van der Waals surface area contributed by atoms with Gasteiger partial charge in [-0.25, -0.2) is 8.78 Å². The molecule has 0 spiro atoms. The number of nitrogens with one attached hydrogen (secondary N) is 1. The number of likely N-dealkylation sites (tertiary alicyclic amines) is 1. The smallest absolute Gasteiger partial charge is 0.423 e. The summed E-state index contributed by atoms with van der Waals surface area (Å²) in [5, 5.41) is 22.9. The Morgan fingerprint density at radius 1 is 1.20 bits per heavy atom. The first-order valence-corrected chi connectivity index (χ1v) is 12.2. The third kappa shape index (κ3) is 5.82. The normalized spacial score (nSPS) is 21.5. The van der Waals surface area contributed by atoms with Crippen LogP contribution < -0.4 is 10.8 Å². The number of halogens is 3. The number of pyridine rings is 1. The minimum atomic E-state index is -2.87. The van der Waals surface area contributed by atoms with E-state index >= 15 is 0 Å². The lowest BCUT2D eigenvalue weighted by Crippen LogP contribution is -2.54. The molecule has 3 N–H and O–H groups in total. The van der Waals surface area contributed by atoms with Crippen LogP contribution >= 0.6 is 0 Å². The van der Waals surface area contributed by atoms with E-state index in [2.05, 4.69) is 15.2 Å². The topological polar surface area (TPSA) is 71.9 Å². The molecule has 2 atom stereocenters. The molecule has 1 saturated heterocycles. The summed E-state index contributed by atoms with van der Waals surface area (Å²) in [6.45, 7) is 6.46. The predicted octanol–water partition coefficient (Wildman–Crippen LogP) is 2.52. The second-order valence-corrected chi connectivity index (χ2v) is 10.0. The molecule has 2 aliphatic rings. The number of hydrogen-bond donors (Lipinski definition) is 3. The molecule has 190 valence electrons. The van der Waals surface area contributed by atoms with Gasteiger partial charge in [0.2, 0.25) is 0 Å². The van der Waals surface area contributed by atoms with E-state index in [0.717, 1.165) is 48.9 Å². The Hall–Kier alpha value is -2.14. The summed E-state index contributed by atoms with van der Waals surface area (Å²) in [5.41, 5.74) is 4.55. The summed E-state index contributed by atoms with van der Waals surface area (Å²) in [4.78, 5) is 8.66. The summed E-state index contributed by atoms with van der Waals surface area (Å²) >= 11 is 0. The van der Waals surface area contributed by atoms with E-state index in [4.69, 9.17) is 0 Å². The molecule has 6 nitrogen and oxygen atoms in total. The number of hydrogen-bond acceptors (Lipinski definition) is 6. The third-order valence-electron chi connectivity index (χ3n) is 7.11.